The number of H-pyrrole nitrogens is 1. The summed E-state index contributed by atoms with van der Waals surface area (Å²) in [7, 11) is 0. The molecule has 0 atom stereocenters. The van der Waals surface area contributed by atoms with Crippen LogP contribution < -0.4 is 15.9 Å². The first-order valence-corrected chi connectivity index (χ1v) is 11.6. The standard InChI is InChI=1S/C26H33N5O2/c1-3-4-5-6-7-8-17-33-23-15-11-21(12-16-23)24-18-25(30-29-24)26(32)31-28-19(2)20-9-13-22(27)14-10-20/h9-16,18H,3-8,17,27H2,1-2H3,(H,29,30)(H,31,32). The van der Waals surface area contributed by atoms with Crippen molar-refractivity contribution in [3.63, 3.8) is 0 Å². The molecule has 3 rings (SSSR count). The van der Waals surface area contributed by atoms with Crippen molar-refractivity contribution in [2.24, 2.45) is 5.10 Å². The van der Waals surface area contributed by atoms with Gasteiger partial charge in [-0.3, -0.25) is 9.89 Å². The Morgan fingerprint density at radius 2 is 1.73 bits per heavy atom. The number of anilines is 1. The SMILES string of the molecule is CCCCCCCCOc1ccc(-c2cc(C(=O)NN=C(C)c3ccc(N)cc3)[nH]n2)cc1. The lowest BCUT2D eigenvalue weighted by Crippen LogP contribution is -2.19. The number of aromatic nitrogens is 2. The number of hydrogen-bond acceptors (Lipinski definition) is 5. The molecule has 1 amide bonds. The maximum absolute atomic E-state index is 12.4. The molecule has 33 heavy (non-hydrogen) atoms. The smallest absolute Gasteiger partial charge is 0.289 e. The molecule has 0 spiro atoms. The Kier molecular flexibility index (Phi) is 9.06. The molecule has 0 bridgehead atoms. The molecule has 7 nitrogen and oxygen atoms in total. The molecule has 174 valence electrons. The number of nitrogens with zero attached hydrogens (tertiary/aromatic N) is 2. The van der Waals surface area contributed by atoms with Gasteiger partial charge in [-0.05, 0) is 61.4 Å². The highest BCUT2D eigenvalue weighted by molar-refractivity contribution is 6.00. The van der Waals surface area contributed by atoms with Crippen molar-refractivity contribution >= 4 is 17.3 Å². The largest absolute Gasteiger partial charge is 0.494 e. The van der Waals surface area contributed by atoms with E-state index in [1.807, 2.05) is 43.3 Å². The van der Waals surface area contributed by atoms with Crippen LogP contribution in [0.1, 0.15) is 68.4 Å². The van der Waals surface area contributed by atoms with Crippen molar-refractivity contribution in [3.05, 3.63) is 65.9 Å². The minimum absolute atomic E-state index is 0.335. The number of hydrogen-bond donors (Lipinski definition) is 3. The molecule has 1 heterocycles. The zero-order chi connectivity index (χ0) is 23.5. The van der Waals surface area contributed by atoms with Crippen LogP contribution in [0.3, 0.4) is 0 Å². The Labute approximate surface area is 195 Å². The molecule has 4 N–H and O–H groups in total. The quantitative estimate of drug-likeness (QED) is 0.146. The second-order valence-corrected chi connectivity index (χ2v) is 8.07. The monoisotopic (exact) mass is 447 g/mol. The van der Waals surface area contributed by atoms with E-state index in [1.54, 1.807) is 18.2 Å². The summed E-state index contributed by atoms with van der Waals surface area (Å²) in [4.78, 5) is 12.4. The lowest BCUT2D eigenvalue weighted by Gasteiger charge is -2.06. The van der Waals surface area contributed by atoms with Gasteiger partial charge in [0.25, 0.3) is 5.91 Å². The van der Waals surface area contributed by atoms with E-state index in [2.05, 4.69) is 27.6 Å². The Balaban J connectivity index is 1.49. The van der Waals surface area contributed by atoms with E-state index in [1.165, 1.54) is 32.1 Å². The van der Waals surface area contributed by atoms with Crippen LogP contribution in [0.25, 0.3) is 11.3 Å². The molecule has 3 aromatic rings. The number of carbonyl (C=O) groups excluding carboxylic acids is 1. The number of benzene rings is 2. The first-order valence-electron chi connectivity index (χ1n) is 11.6. The summed E-state index contributed by atoms with van der Waals surface area (Å²) in [6.45, 7) is 4.78. The predicted molar refractivity (Wildman–Crippen MR) is 133 cm³/mol. The van der Waals surface area contributed by atoms with Crippen LogP contribution in [0.2, 0.25) is 0 Å². The number of carbonyl (C=O) groups is 1. The van der Waals surface area contributed by atoms with E-state index in [9.17, 15) is 4.79 Å². The lowest BCUT2D eigenvalue weighted by atomic mass is 10.1. The average Bonchev–Trinajstić information content (AvgIpc) is 3.33. The highest BCUT2D eigenvalue weighted by Gasteiger charge is 2.11. The summed E-state index contributed by atoms with van der Waals surface area (Å²) in [6.07, 6.45) is 7.45. The number of ether oxygens (including phenoxy) is 1. The van der Waals surface area contributed by atoms with Gasteiger partial charge < -0.3 is 10.5 Å². The van der Waals surface area contributed by atoms with E-state index >= 15 is 0 Å². The summed E-state index contributed by atoms with van der Waals surface area (Å²) < 4.78 is 5.83. The number of rotatable bonds is 12. The van der Waals surface area contributed by atoms with E-state index < -0.39 is 0 Å². The summed E-state index contributed by atoms with van der Waals surface area (Å²) in [6, 6.07) is 16.8. The van der Waals surface area contributed by atoms with Gasteiger partial charge >= 0.3 is 0 Å². The fourth-order valence-electron chi connectivity index (χ4n) is 3.36. The van der Waals surface area contributed by atoms with Gasteiger partial charge in [0.05, 0.1) is 18.0 Å². The molecule has 0 saturated carbocycles. The molecule has 0 fully saturated rings. The van der Waals surface area contributed by atoms with Crippen LogP contribution in [-0.2, 0) is 0 Å². The number of aromatic amines is 1. The van der Waals surface area contributed by atoms with Crippen molar-refractivity contribution in [2.75, 3.05) is 12.3 Å². The highest BCUT2D eigenvalue weighted by Crippen LogP contribution is 2.21. The summed E-state index contributed by atoms with van der Waals surface area (Å²) in [5, 5.41) is 11.2. The number of hydrazone groups is 1. The van der Waals surface area contributed by atoms with Gasteiger partial charge in [0, 0.05) is 11.3 Å². The Morgan fingerprint density at radius 1 is 1.03 bits per heavy atom. The van der Waals surface area contributed by atoms with E-state index in [-0.39, 0.29) is 5.91 Å². The van der Waals surface area contributed by atoms with Crippen LogP contribution in [0.15, 0.2) is 59.7 Å². The van der Waals surface area contributed by atoms with Gasteiger partial charge in [0.1, 0.15) is 11.4 Å². The third-order valence-corrected chi connectivity index (χ3v) is 5.39. The number of nitrogens with one attached hydrogen (secondary N) is 2. The molecular formula is C26H33N5O2. The predicted octanol–water partition coefficient (Wildman–Crippen LogP) is 5.55. The molecule has 0 radical (unpaired) electrons. The maximum Gasteiger partial charge on any atom is 0.289 e. The van der Waals surface area contributed by atoms with Gasteiger partial charge in [-0.15, -0.1) is 0 Å². The second kappa shape index (κ2) is 12.4. The van der Waals surface area contributed by atoms with Crippen molar-refractivity contribution in [1.82, 2.24) is 15.6 Å². The lowest BCUT2D eigenvalue weighted by molar-refractivity contribution is 0.0950. The maximum atomic E-state index is 12.4. The molecule has 0 aliphatic heterocycles. The first kappa shape index (κ1) is 24.0. The topological polar surface area (TPSA) is 105 Å². The van der Waals surface area contributed by atoms with E-state index in [0.717, 1.165) is 29.9 Å². The average molecular weight is 448 g/mol. The minimum Gasteiger partial charge on any atom is -0.494 e. The molecule has 2 aromatic carbocycles. The fourth-order valence-corrected chi connectivity index (χ4v) is 3.36. The molecule has 7 heteroatoms. The molecule has 0 aliphatic rings. The zero-order valence-electron chi connectivity index (χ0n) is 19.4. The van der Waals surface area contributed by atoms with Crippen molar-refractivity contribution in [2.45, 2.75) is 52.4 Å². The Bertz CT molecular complexity index is 1040. The zero-order valence-corrected chi connectivity index (χ0v) is 19.4. The number of amides is 1. The van der Waals surface area contributed by atoms with Crippen molar-refractivity contribution in [3.8, 4) is 17.0 Å². The van der Waals surface area contributed by atoms with E-state index in [0.29, 0.717) is 22.8 Å². The first-order chi connectivity index (χ1) is 16.1. The van der Waals surface area contributed by atoms with Gasteiger partial charge in [-0.1, -0.05) is 51.2 Å². The Morgan fingerprint density at radius 3 is 2.45 bits per heavy atom. The summed E-state index contributed by atoms with van der Waals surface area (Å²) in [5.74, 6) is 0.482. The van der Waals surface area contributed by atoms with Gasteiger partial charge in [0.2, 0.25) is 0 Å². The normalized spacial score (nSPS) is 11.4. The second-order valence-electron chi connectivity index (χ2n) is 8.07. The number of nitrogen functional groups attached to an aromatic ring is 1. The Hall–Kier alpha value is -3.61. The van der Waals surface area contributed by atoms with Crippen LogP contribution >= 0.6 is 0 Å². The molecule has 0 aliphatic carbocycles. The molecule has 0 saturated heterocycles. The van der Waals surface area contributed by atoms with Crippen LogP contribution in [0.4, 0.5) is 5.69 Å². The van der Waals surface area contributed by atoms with Crippen LogP contribution in [0, 0.1) is 0 Å². The van der Waals surface area contributed by atoms with Crippen LogP contribution in [0.5, 0.6) is 5.75 Å². The number of unbranched alkanes of at least 4 members (excludes halogenated alkanes) is 5. The van der Waals surface area contributed by atoms with Gasteiger partial charge in [-0.2, -0.15) is 10.2 Å². The fraction of sp³-hybridized carbons (Fsp3) is 0.346. The van der Waals surface area contributed by atoms with E-state index in [4.69, 9.17) is 10.5 Å². The highest BCUT2D eigenvalue weighted by atomic mass is 16.5. The third-order valence-electron chi connectivity index (χ3n) is 5.39. The van der Waals surface area contributed by atoms with Crippen LogP contribution in [-0.4, -0.2) is 28.4 Å². The van der Waals surface area contributed by atoms with Crippen molar-refractivity contribution < 1.29 is 9.53 Å². The molecule has 1 aromatic heterocycles. The number of nitrogens with two attached hydrogens (primary N) is 1. The molecule has 0 unspecified atom stereocenters. The summed E-state index contributed by atoms with van der Waals surface area (Å²) in [5.41, 5.74) is 12.4. The van der Waals surface area contributed by atoms with Crippen molar-refractivity contribution in [1.29, 1.82) is 0 Å². The van der Waals surface area contributed by atoms with Gasteiger partial charge in [-0.25, -0.2) is 5.43 Å². The minimum atomic E-state index is -0.359. The third kappa shape index (κ3) is 7.49. The van der Waals surface area contributed by atoms with Gasteiger partial charge in [0.15, 0.2) is 0 Å². The summed E-state index contributed by atoms with van der Waals surface area (Å²) >= 11 is 0. The molecular weight excluding hydrogens is 414 g/mol.